The van der Waals surface area contributed by atoms with Crippen molar-refractivity contribution < 1.29 is 27.2 Å². The molecule has 2 aromatic carbocycles. The van der Waals surface area contributed by atoms with Crippen LogP contribution in [-0.4, -0.2) is 41.3 Å². The van der Waals surface area contributed by atoms with Gasteiger partial charge in [-0.3, -0.25) is 0 Å². The van der Waals surface area contributed by atoms with E-state index in [-0.39, 0.29) is 24.7 Å². The van der Waals surface area contributed by atoms with Crippen LogP contribution in [0.15, 0.2) is 53.1 Å². The van der Waals surface area contributed by atoms with Gasteiger partial charge in [0.2, 0.25) is 5.89 Å². The largest absolute Gasteiger partial charge is 0.496 e. The SMILES string of the molecule is COc1ccccc1Cc1noc(C2CN(C(=O)Nc3ccccc3C(F)(F)F)C2)n1. The highest BCUT2D eigenvalue weighted by atomic mass is 19.4. The Kier molecular flexibility index (Phi) is 5.53. The summed E-state index contributed by atoms with van der Waals surface area (Å²) in [6, 6.07) is 11.8. The van der Waals surface area contributed by atoms with E-state index in [0.717, 1.165) is 17.4 Å². The van der Waals surface area contributed by atoms with Crippen LogP contribution in [0.5, 0.6) is 5.75 Å². The summed E-state index contributed by atoms with van der Waals surface area (Å²) in [5, 5.41) is 6.31. The van der Waals surface area contributed by atoms with Crippen LogP contribution in [0.1, 0.15) is 28.8 Å². The predicted molar refractivity (Wildman–Crippen MR) is 105 cm³/mol. The molecule has 10 heteroatoms. The Morgan fingerprint density at radius 3 is 2.65 bits per heavy atom. The van der Waals surface area contributed by atoms with Crippen LogP contribution in [0.3, 0.4) is 0 Å². The third-order valence-corrected chi connectivity index (χ3v) is 5.02. The van der Waals surface area contributed by atoms with Crippen LogP contribution in [0.4, 0.5) is 23.7 Å². The van der Waals surface area contributed by atoms with Gasteiger partial charge in [-0.25, -0.2) is 4.79 Å². The Bertz CT molecular complexity index is 1080. The summed E-state index contributed by atoms with van der Waals surface area (Å²) >= 11 is 0. The lowest BCUT2D eigenvalue weighted by Gasteiger charge is -2.37. The lowest BCUT2D eigenvalue weighted by molar-refractivity contribution is -0.136. The van der Waals surface area contributed by atoms with E-state index in [9.17, 15) is 18.0 Å². The lowest BCUT2D eigenvalue weighted by atomic mass is 10.0. The highest BCUT2D eigenvalue weighted by Crippen LogP contribution is 2.35. The molecule has 0 saturated carbocycles. The van der Waals surface area contributed by atoms with Crippen molar-refractivity contribution in [2.24, 2.45) is 0 Å². The zero-order chi connectivity index (χ0) is 22.0. The molecule has 0 spiro atoms. The minimum absolute atomic E-state index is 0.164. The van der Waals surface area contributed by atoms with E-state index >= 15 is 0 Å². The third-order valence-electron chi connectivity index (χ3n) is 5.02. The molecule has 0 bridgehead atoms. The van der Waals surface area contributed by atoms with Gasteiger partial charge in [-0.2, -0.15) is 18.2 Å². The smallest absolute Gasteiger partial charge is 0.418 e. The maximum absolute atomic E-state index is 13.1. The predicted octanol–water partition coefficient (Wildman–Crippen LogP) is 4.32. The van der Waals surface area contributed by atoms with Gasteiger partial charge in [-0.1, -0.05) is 35.5 Å². The Hall–Kier alpha value is -3.56. The molecule has 1 aromatic heterocycles. The van der Waals surface area contributed by atoms with Gasteiger partial charge >= 0.3 is 12.2 Å². The number of para-hydroxylation sites is 2. The van der Waals surface area contributed by atoms with Crippen LogP contribution in [0, 0.1) is 0 Å². The molecule has 1 saturated heterocycles. The summed E-state index contributed by atoms with van der Waals surface area (Å²) in [6.07, 6.45) is -4.12. The quantitative estimate of drug-likeness (QED) is 0.650. The van der Waals surface area contributed by atoms with Crippen LogP contribution in [0.2, 0.25) is 0 Å². The first kappa shape index (κ1) is 20.7. The van der Waals surface area contributed by atoms with Gasteiger partial charge in [0.15, 0.2) is 5.82 Å². The molecule has 4 rings (SSSR count). The van der Waals surface area contributed by atoms with Crippen molar-refractivity contribution in [3.8, 4) is 5.75 Å². The summed E-state index contributed by atoms with van der Waals surface area (Å²) in [5.74, 6) is 1.44. The van der Waals surface area contributed by atoms with Crippen molar-refractivity contribution in [1.29, 1.82) is 0 Å². The molecule has 1 N–H and O–H groups in total. The number of halogens is 3. The number of urea groups is 1. The second-order valence-electron chi connectivity index (χ2n) is 7.11. The number of nitrogens with one attached hydrogen (secondary N) is 1. The van der Waals surface area contributed by atoms with E-state index in [1.54, 1.807) is 7.11 Å². The number of anilines is 1. The number of benzene rings is 2. The number of amides is 2. The van der Waals surface area contributed by atoms with Gasteiger partial charge in [0.05, 0.1) is 24.3 Å². The number of hydrogen-bond acceptors (Lipinski definition) is 5. The fraction of sp³-hybridized carbons (Fsp3) is 0.286. The van der Waals surface area contributed by atoms with E-state index < -0.39 is 17.8 Å². The molecule has 1 aliphatic rings. The van der Waals surface area contributed by atoms with E-state index in [2.05, 4.69) is 15.5 Å². The van der Waals surface area contributed by atoms with Crippen molar-refractivity contribution in [3.63, 3.8) is 0 Å². The first-order chi connectivity index (χ1) is 14.8. The molecular formula is C21H19F3N4O3. The van der Waals surface area contributed by atoms with Gasteiger partial charge in [0.1, 0.15) is 5.75 Å². The topological polar surface area (TPSA) is 80.5 Å². The van der Waals surface area contributed by atoms with Crippen LogP contribution in [0.25, 0.3) is 0 Å². The number of aromatic nitrogens is 2. The Balaban J connectivity index is 1.35. The van der Waals surface area contributed by atoms with Crippen molar-refractivity contribution in [2.45, 2.75) is 18.5 Å². The summed E-state index contributed by atoms with van der Waals surface area (Å²) in [7, 11) is 1.58. The molecular weight excluding hydrogens is 413 g/mol. The molecule has 3 aromatic rings. The maximum Gasteiger partial charge on any atom is 0.418 e. The van der Waals surface area contributed by atoms with Crippen molar-refractivity contribution in [2.75, 3.05) is 25.5 Å². The molecule has 2 amide bonds. The van der Waals surface area contributed by atoms with Gasteiger partial charge < -0.3 is 19.5 Å². The maximum atomic E-state index is 13.1. The Morgan fingerprint density at radius 1 is 1.19 bits per heavy atom. The average molecular weight is 432 g/mol. The number of carbonyl (C=O) groups excluding carboxylic acids is 1. The van der Waals surface area contributed by atoms with Gasteiger partial charge in [0, 0.05) is 25.1 Å². The highest BCUT2D eigenvalue weighted by molar-refractivity contribution is 5.91. The standard InChI is InChI=1S/C21H19F3N4O3/c1-30-17-9-5-2-6-13(17)10-18-26-19(31-27-18)14-11-28(12-14)20(29)25-16-8-4-3-7-15(16)21(22,23)24/h2-9,14H,10-12H2,1H3,(H,25,29). The minimum atomic E-state index is -4.55. The molecule has 0 atom stereocenters. The number of rotatable bonds is 5. The molecule has 0 unspecified atom stereocenters. The van der Waals surface area contributed by atoms with E-state index in [4.69, 9.17) is 9.26 Å². The van der Waals surface area contributed by atoms with E-state index in [1.807, 2.05) is 24.3 Å². The normalized spacial score (nSPS) is 14.3. The van der Waals surface area contributed by atoms with Gasteiger partial charge in [-0.05, 0) is 18.2 Å². The molecule has 1 fully saturated rings. The second-order valence-corrected chi connectivity index (χ2v) is 7.11. The molecule has 7 nitrogen and oxygen atoms in total. The number of nitrogens with zero attached hydrogens (tertiary/aromatic N) is 3. The van der Waals surface area contributed by atoms with Gasteiger partial charge in [0.25, 0.3) is 0 Å². The zero-order valence-corrected chi connectivity index (χ0v) is 16.5. The third kappa shape index (κ3) is 4.47. The van der Waals surface area contributed by atoms with Crippen molar-refractivity contribution >= 4 is 11.7 Å². The number of ether oxygens (including phenoxy) is 1. The Morgan fingerprint density at radius 2 is 1.90 bits per heavy atom. The monoisotopic (exact) mass is 432 g/mol. The fourth-order valence-corrected chi connectivity index (χ4v) is 3.36. The zero-order valence-electron chi connectivity index (χ0n) is 16.5. The Labute approximate surface area is 175 Å². The number of likely N-dealkylation sites (tertiary alicyclic amines) is 1. The summed E-state index contributed by atoms with van der Waals surface area (Å²) in [6.45, 7) is 0.548. The summed E-state index contributed by atoms with van der Waals surface area (Å²) in [5.41, 5.74) is -0.256. The number of methoxy groups -OCH3 is 1. The number of alkyl halides is 3. The van der Waals surface area contributed by atoms with Crippen LogP contribution in [-0.2, 0) is 12.6 Å². The lowest BCUT2D eigenvalue weighted by Crippen LogP contribution is -2.50. The highest BCUT2D eigenvalue weighted by Gasteiger charge is 2.37. The molecule has 2 heterocycles. The fourth-order valence-electron chi connectivity index (χ4n) is 3.36. The van der Waals surface area contributed by atoms with Gasteiger partial charge in [-0.15, -0.1) is 0 Å². The van der Waals surface area contributed by atoms with E-state index in [1.165, 1.54) is 23.1 Å². The molecule has 0 radical (unpaired) electrons. The summed E-state index contributed by atoms with van der Waals surface area (Å²) in [4.78, 5) is 18.1. The molecule has 0 aliphatic carbocycles. The van der Waals surface area contributed by atoms with Crippen LogP contribution >= 0.6 is 0 Å². The molecule has 31 heavy (non-hydrogen) atoms. The van der Waals surface area contributed by atoms with Crippen molar-refractivity contribution in [1.82, 2.24) is 15.0 Å². The van der Waals surface area contributed by atoms with E-state index in [0.29, 0.717) is 18.1 Å². The summed E-state index contributed by atoms with van der Waals surface area (Å²) < 4.78 is 49.9. The van der Waals surface area contributed by atoms with Crippen molar-refractivity contribution in [3.05, 3.63) is 71.4 Å². The van der Waals surface area contributed by atoms with Crippen LogP contribution < -0.4 is 10.1 Å². The first-order valence-corrected chi connectivity index (χ1v) is 9.51. The second kappa shape index (κ2) is 8.29. The number of hydrogen-bond donors (Lipinski definition) is 1. The first-order valence-electron chi connectivity index (χ1n) is 9.51. The average Bonchev–Trinajstić information content (AvgIpc) is 3.15. The minimum Gasteiger partial charge on any atom is -0.496 e. The molecule has 162 valence electrons. The molecule has 1 aliphatic heterocycles. The number of carbonyl (C=O) groups is 1.